The molecule has 14 heavy (non-hydrogen) atoms. The third-order valence-corrected chi connectivity index (χ3v) is 2.29. The minimum atomic E-state index is 0.0453. The average molecular weight is 193 g/mol. The second-order valence-electron chi connectivity index (χ2n) is 3.29. The fourth-order valence-electron chi connectivity index (χ4n) is 1.14. The number of ketones is 1. The molecule has 0 saturated heterocycles. The minimum absolute atomic E-state index is 0.0453. The average Bonchev–Trinajstić information content (AvgIpc) is 2.27. The maximum Gasteiger partial charge on any atom is 0.167 e. The lowest BCUT2D eigenvalue weighted by Gasteiger charge is -2.07. The SMILES string of the molecule is CCC(C)C(=O)c1cncc(OC)c1. The summed E-state index contributed by atoms with van der Waals surface area (Å²) in [4.78, 5) is 15.7. The Morgan fingerprint density at radius 1 is 1.57 bits per heavy atom. The lowest BCUT2D eigenvalue weighted by atomic mass is 9.98. The largest absolute Gasteiger partial charge is 0.495 e. The summed E-state index contributed by atoms with van der Waals surface area (Å²) in [7, 11) is 1.56. The van der Waals surface area contributed by atoms with Crippen LogP contribution < -0.4 is 4.74 Å². The van der Waals surface area contributed by atoms with Gasteiger partial charge in [-0.2, -0.15) is 0 Å². The molecule has 1 aromatic heterocycles. The van der Waals surface area contributed by atoms with Crippen LogP contribution in [0.25, 0.3) is 0 Å². The zero-order valence-electron chi connectivity index (χ0n) is 8.78. The Kier molecular flexibility index (Phi) is 3.63. The number of rotatable bonds is 4. The Morgan fingerprint density at radius 3 is 2.86 bits per heavy atom. The number of hydrogen-bond acceptors (Lipinski definition) is 3. The number of pyridine rings is 1. The van der Waals surface area contributed by atoms with E-state index >= 15 is 0 Å². The topological polar surface area (TPSA) is 39.2 Å². The highest BCUT2D eigenvalue weighted by molar-refractivity contribution is 5.97. The van der Waals surface area contributed by atoms with Gasteiger partial charge in [0.15, 0.2) is 5.78 Å². The smallest absolute Gasteiger partial charge is 0.167 e. The summed E-state index contributed by atoms with van der Waals surface area (Å²) >= 11 is 0. The summed E-state index contributed by atoms with van der Waals surface area (Å²) in [5, 5.41) is 0. The second kappa shape index (κ2) is 4.74. The summed E-state index contributed by atoms with van der Waals surface area (Å²) in [5.41, 5.74) is 0.624. The number of Topliss-reactive ketones (excluding diaryl/α,β-unsaturated/α-hetero) is 1. The van der Waals surface area contributed by atoms with Crippen molar-refractivity contribution >= 4 is 5.78 Å². The molecule has 0 saturated carbocycles. The van der Waals surface area contributed by atoms with Crippen molar-refractivity contribution in [1.29, 1.82) is 0 Å². The van der Waals surface area contributed by atoms with Crippen molar-refractivity contribution < 1.29 is 9.53 Å². The van der Waals surface area contributed by atoms with Crippen molar-refractivity contribution in [2.75, 3.05) is 7.11 Å². The van der Waals surface area contributed by atoms with E-state index in [0.717, 1.165) is 6.42 Å². The highest BCUT2D eigenvalue weighted by Gasteiger charge is 2.13. The molecule has 0 aliphatic rings. The Labute approximate surface area is 84.1 Å². The van der Waals surface area contributed by atoms with Crippen molar-refractivity contribution in [3.63, 3.8) is 0 Å². The Bertz CT molecular complexity index is 323. The Balaban J connectivity index is 2.90. The maximum absolute atomic E-state index is 11.7. The molecule has 0 amide bonds. The van der Waals surface area contributed by atoms with Crippen molar-refractivity contribution in [1.82, 2.24) is 4.98 Å². The molecule has 1 aromatic rings. The van der Waals surface area contributed by atoms with Crippen molar-refractivity contribution in [2.45, 2.75) is 20.3 Å². The number of hydrogen-bond donors (Lipinski definition) is 0. The van der Waals surface area contributed by atoms with E-state index in [1.165, 1.54) is 0 Å². The summed E-state index contributed by atoms with van der Waals surface area (Å²) in [6.45, 7) is 3.91. The van der Waals surface area contributed by atoms with Crippen LogP contribution in [0, 0.1) is 5.92 Å². The van der Waals surface area contributed by atoms with Crippen LogP contribution in [0.2, 0.25) is 0 Å². The van der Waals surface area contributed by atoms with Gasteiger partial charge < -0.3 is 4.74 Å². The second-order valence-corrected chi connectivity index (χ2v) is 3.29. The van der Waals surface area contributed by atoms with Gasteiger partial charge in [0.2, 0.25) is 0 Å². The molecule has 1 unspecified atom stereocenters. The highest BCUT2D eigenvalue weighted by atomic mass is 16.5. The zero-order chi connectivity index (χ0) is 10.6. The van der Waals surface area contributed by atoms with Gasteiger partial charge in [0.25, 0.3) is 0 Å². The van der Waals surface area contributed by atoms with Crippen LogP contribution in [-0.2, 0) is 0 Å². The number of carbonyl (C=O) groups excluding carboxylic acids is 1. The first kappa shape index (κ1) is 10.7. The van der Waals surface area contributed by atoms with Gasteiger partial charge in [-0.05, 0) is 12.5 Å². The van der Waals surface area contributed by atoms with E-state index in [2.05, 4.69) is 4.98 Å². The van der Waals surface area contributed by atoms with Gasteiger partial charge >= 0.3 is 0 Å². The Morgan fingerprint density at radius 2 is 2.29 bits per heavy atom. The van der Waals surface area contributed by atoms with Gasteiger partial charge in [0.1, 0.15) is 5.75 Å². The van der Waals surface area contributed by atoms with Gasteiger partial charge in [-0.15, -0.1) is 0 Å². The maximum atomic E-state index is 11.7. The first-order chi connectivity index (χ1) is 6.69. The predicted octanol–water partition coefficient (Wildman–Crippen LogP) is 2.32. The van der Waals surface area contributed by atoms with Crippen molar-refractivity contribution in [3.05, 3.63) is 24.0 Å². The van der Waals surface area contributed by atoms with Crippen LogP contribution in [0.15, 0.2) is 18.5 Å². The quantitative estimate of drug-likeness (QED) is 0.689. The number of aromatic nitrogens is 1. The highest BCUT2D eigenvalue weighted by Crippen LogP contribution is 2.15. The summed E-state index contributed by atoms with van der Waals surface area (Å²) in [6.07, 6.45) is 4.01. The molecule has 0 N–H and O–H groups in total. The molecule has 0 radical (unpaired) electrons. The van der Waals surface area contributed by atoms with Crippen LogP contribution in [0.3, 0.4) is 0 Å². The molecule has 3 nitrogen and oxygen atoms in total. The van der Waals surface area contributed by atoms with Crippen LogP contribution in [0.5, 0.6) is 5.75 Å². The van der Waals surface area contributed by atoms with Crippen LogP contribution in [0.4, 0.5) is 0 Å². The van der Waals surface area contributed by atoms with E-state index in [4.69, 9.17) is 4.74 Å². The van der Waals surface area contributed by atoms with Gasteiger partial charge in [0.05, 0.1) is 13.3 Å². The minimum Gasteiger partial charge on any atom is -0.495 e. The molecular formula is C11H15NO2. The van der Waals surface area contributed by atoms with E-state index < -0.39 is 0 Å². The molecule has 0 aliphatic heterocycles. The molecule has 0 fully saturated rings. The molecule has 0 aliphatic carbocycles. The molecule has 1 atom stereocenters. The van der Waals surface area contributed by atoms with Gasteiger partial charge in [-0.1, -0.05) is 13.8 Å². The number of methoxy groups -OCH3 is 1. The molecular weight excluding hydrogens is 178 g/mol. The molecule has 0 spiro atoms. The van der Waals surface area contributed by atoms with E-state index in [-0.39, 0.29) is 11.7 Å². The van der Waals surface area contributed by atoms with Gasteiger partial charge in [-0.3, -0.25) is 9.78 Å². The van der Waals surface area contributed by atoms with E-state index in [9.17, 15) is 4.79 Å². The third-order valence-electron chi connectivity index (χ3n) is 2.29. The number of carbonyl (C=O) groups is 1. The first-order valence-corrected chi connectivity index (χ1v) is 4.72. The van der Waals surface area contributed by atoms with Gasteiger partial charge in [-0.25, -0.2) is 0 Å². The summed E-state index contributed by atoms with van der Waals surface area (Å²) in [5.74, 6) is 0.793. The zero-order valence-corrected chi connectivity index (χ0v) is 8.78. The lowest BCUT2D eigenvalue weighted by molar-refractivity contribution is 0.0926. The van der Waals surface area contributed by atoms with Crippen molar-refractivity contribution in [3.8, 4) is 5.75 Å². The van der Waals surface area contributed by atoms with Crippen LogP contribution in [-0.4, -0.2) is 17.9 Å². The molecule has 76 valence electrons. The normalized spacial score (nSPS) is 12.2. The number of nitrogens with zero attached hydrogens (tertiary/aromatic N) is 1. The monoisotopic (exact) mass is 193 g/mol. The molecule has 3 heteroatoms. The van der Waals surface area contributed by atoms with E-state index in [1.807, 2.05) is 13.8 Å². The molecule has 0 aromatic carbocycles. The fourth-order valence-corrected chi connectivity index (χ4v) is 1.14. The predicted molar refractivity (Wildman–Crippen MR) is 54.6 cm³/mol. The first-order valence-electron chi connectivity index (χ1n) is 4.72. The van der Waals surface area contributed by atoms with Crippen molar-refractivity contribution in [2.24, 2.45) is 5.92 Å². The van der Waals surface area contributed by atoms with Crippen LogP contribution in [0.1, 0.15) is 30.6 Å². The third kappa shape index (κ3) is 2.31. The lowest BCUT2D eigenvalue weighted by Crippen LogP contribution is -2.10. The van der Waals surface area contributed by atoms with Crippen LogP contribution >= 0.6 is 0 Å². The molecule has 0 bridgehead atoms. The summed E-state index contributed by atoms with van der Waals surface area (Å²) in [6, 6.07) is 1.72. The number of ether oxygens (including phenoxy) is 1. The molecule has 1 heterocycles. The molecule has 1 rings (SSSR count). The van der Waals surface area contributed by atoms with E-state index in [0.29, 0.717) is 11.3 Å². The fraction of sp³-hybridized carbons (Fsp3) is 0.455. The van der Waals surface area contributed by atoms with Gasteiger partial charge in [0, 0.05) is 17.7 Å². The Hall–Kier alpha value is -1.38. The standard InChI is InChI=1S/C11H15NO2/c1-4-8(2)11(13)9-5-10(14-3)7-12-6-9/h5-8H,4H2,1-3H3. The summed E-state index contributed by atoms with van der Waals surface area (Å²) < 4.78 is 5.00. The van der Waals surface area contributed by atoms with E-state index in [1.54, 1.807) is 25.6 Å².